The number of hydrogen-bond acceptors (Lipinski definition) is 5. The average molecular weight is 459 g/mol. The first-order chi connectivity index (χ1) is 16.6. The summed E-state index contributed by atoms with van der Waals surface area (Å²) < 4.78 is 24.8. The van der Waals surface area contributed by atoms with Gasteiger partial charge in [0.1, 0.15) is 22.9 Å². The Labute approximate surface area is 198 Å². The molecule has 0 radical (unpaired) electrons. The second kappa shape index (κ2) is 9.79. The Kier molecular flexibility index (Phi) is 6.43. The number of piperazine rings is 1. The molecule has 5 rings (SSSR count). The summed E-state index contributed by atoms with van der Waals surface area (Å²) in [6, 6.07) is 21.9. The molecule has 3 aromatic carbocycles. The minimum Gasteiger partial charge on any atom is -0.497 e. The SMILES string of the molecule is COc1ccc(C(=O)CN2CCN(Cc3cc4cc(-c5cccc(F)c5)ccc4o3)CC2)cc1. The Balaban J connectivity index is 1.17. The summed E-state index contributed by atoms with van der Waals surface area (Å²) in [5.41, 5.74) is 3.36. The van der Waals surface area contributed by atoms with Gasteiger partial charge in [0.05, 0.1) is 20.2 Å². The van der Waals surface area contributed by atoms with Gasteiger partial charge in [-0.05, 0) is 65.7 Å². The Hall–Kier alpha value is -3.48. The number of nitrogens with zero attached hydrogens (tertiary/aromatic N) is 2. The summed E-state index contributed by atoms with van der Waals surface area (Å²) in [5, 5.41) is 1.01. The first-order valence-corrected chi connectivity index (χ1v) is 11.5. The van der Waals surface area contributed by atoms with Crippen molar-refractivity contribution in [3.8, 4) is 16.9 Å². The Morgan fingerprint density at radius 3 is 2.38 bits per heavy atom. The van der Waals surface area contributed by atoms with E-state index in [9.17, 15) is 9.18 Å². The van der Waals surface area contributed by atoms with E-state index in [4.69, 9.17) is 9.15 Å². The predicted molar refractivity (Wildman–Crippen MR) is 131 cm³/mol. The highest BCUT2D eigenvalue weighted by Gasteiger charge is 2.21. The molecule has 6 heteroatoms. The smallest absolute Gasteiger partial charge is 0.176 e. The van der Waals surface area contributed by atoms with Crippen molar-refractivity contribution < 1.29 is 18.3 Å². The van der Waals surface area contributed by atoms with Crippen molar-refractivity contribution in [1.29, 1.82) is 0 Å². The highest BCUT2D eigenvalue weighted by atomic mass is 19.1. The third-order valence-corrected chi connectivity index (χ3v) is 6.35. The average Bonchev–Trinajstić information content (AvgIpc) is 3.27. The number of fused-ring (bicyclic) bond motifs is 1. The molecule has 1 fully saturated rings. The van der Waals surface area contributed by atoms with Gasteiger partial charge in [0.2, 0.25) is 0 Å². The van der Waals surface area contributed by atoms with Gasteiger partial charge in [-0.15, -0.1) is 0 Å². The molecule has 1 saturated heterocycles. The largest absolute Gasteiger partial charge is 0.497 e. The van der Waals surface area contributed by atoms with Crippen LogP contribution in [0.1, 0.15) is 16.1 Å². The summed E-state index contributed by atoms with van der Waals surface area (Å²) in [5.74, 6) is 1.55. The first kappa shape index (κ1) is 22.3. The summed E-state index contributed by atoms with van der Waals surface area (Å²) in [6.07, 6.45) is 0. The lowest BCUT2D eigenvalue weighted by Gasteiger charge is -2.33. The molecule has 0 amide bonds. The van der Waals surface area contributed by atoms with Gasteiger partial charge in [-0.1, -0.05) is 18.2 Å². The molecule has 0 bridgehead atoms. The van der Waals surface area contributed by atoms with Gasteiger partial charge >= 0.3 is 0 Å². The number of Topliss-reactive ketones (excluding diaryl/α,β-unsaturated/α-hetero) is 1. The molecule has 4 aromatic rings. The Morgan fingerprint density at radius 2 is 1.65 bits per heavy atom. The third kappa shape index (κ3) is 5.03. The Morgan fingerprint density at radius 1 is 0.912 bits per heavy atom. The van der Waals surface area contributed by atoms with Crippen molar-refractivity contribution in [1.82, 2.24) is 9.80 Å². The second-order valence-corrected chi connectivity index (χ2v) is 8.68. The lowest BCUT2D eigenvalue weighted by atomic mass is 10.0. The van der Waals surface area contributed by atoms with Crippen molar-refractivity contribution in [2.24, 2.45) is 0 Å². The van der Waals surface area contributed by atoms with Crippen LogP contribution in [0, 0.1) is 5.82 Å². The molecule has 0 spiro atoms. The van der Waals surface area contributed by atoms with Gasteiger partial charge in [0.25, 0.3) is 0 Å². The number of rotatable bonds is 7. The van der Waals surface area contributed by atoms with Gasteiger partial charge in [0, 0.05) is 37.1 Å². The number of furan rings is 1. The normalized spacial score (nSPS) is 15.0. The van der Waals surface area contributed by atoms with Crippen molar-refractivity contribution in [2.45, 2.75) is 6.54 Å². The fraction of sp³-hybridized carbons (Fsp3) is 0.250. The van der Waals surface area contributed by atoms with Crippen LogP contribution in [-0.2, 0) is 6.54 Å². The fourth-order valence-corrected chi connectivity index (χ4v) is 4.42. The van der Waals surface area contributed by atoms with Gasteiger partial charge in [-0.3, -0.25) is 14.6 Å². The number of carbonyl (C=O) groups is 1. The molecule has 5 nitrogen and oxygen atoms in total. The lowest BCUT2D eigenvalue weighted by molar-refractivity contribution is 0.0834. The quantitative estimate of drug-likeness (QED) is 0.354. The van der Waals surface area contributed by atoms with Crippen LogP contribution in [0.25, 0.3) is 22.1 Å². The van der Waals surface area contributed by atoms with E-state index in [1.165, 1.54) is 6.07 Å². The van der Waals surface area contributed by atoms with Crippen LogP contribution < -0.4 is 4.74 Å². The zero-order valence-electron chi connectivity index (χ0n) is 19.2. The van der Waals surface area contributed by atoms with Crippen molar-refractivity contribution in [3.63, 3.8) is 0 Å². The molecular formula is C28H27FN2O3. The first-order valence-electron chi connectivity index (χ1n) is 11.5. The van der Waals surface area contributed by atoms with E-state index in [1.807, 2.05) is 48.5 Å². The van der Waals surface area contributed by atoms with Crippen LogP contribution in [0.4, 0.5) is 4.39 Å². The summed E-state index contributed by atoms with van der Waals surface area (Å²) >= 11 is 0. The Bertz CT molecular complexity index is 1290. The summed E-state index contributed by atoms with van der Waals surface area (Å²) in [6.45, 7) is 4.58. The van der Waals surface area contributed by atoms with Crippen molar-refractivity contribution in [3.05, 3.63) is 89.9 Å². The van der Waals surface area contributed by atoms with E-state index < -0.39 is 0 Å². The van der Waals surface area contributed by atoms with Crippen LogP contribution in [0.15, 0.2) is 77.2 Å². The third-order valence-electron chi connectivity index (χ3n) is 6.35. The molecule has 0 N–H and O–H groups in total. The number of benzene rings is 3. The van der Waals surface area contributed by atoms with Gasteiger partial charge < -0.3 is 9.15 Å². The molecule has 174 valence electrons. The van der Waals surface area contributed by atoms with Crippen LogP contribution in [0.2, 0.25) is 0 Å². The number of hydrogen-bond donors (Lipinski definition) is 0. The monoisotopic (exact) mass is 458 g/mol. The van der Waals surface area contributed by atoms with Crippen LogP contribution >= 0.6 is 0 Å². The molecule has 0 unspecified atom stereocenters. The molecule has 1 aliphatic heterocycles. The maximum atomic E-state index is 13.6. The van der Waals surface area contributed by atoms with E-state index in [2.05, 4.69) is 15.9 Å². The maximum Gasteiger partial charge on any atom is 0.176 e. The van der Waals surface area contributed by atoms with E-state index >= 15 is 0 Å². The van der Waals surface area contributed by atoms with Gasteiger partial charge in [0.15, 0.2) is 5.78 Å². The minimum absolute atomic E-state index is 0.127. The predicted octanol–water partition coefficient (Wildman–Crippen LogP) is 5.25. The molecular weight excluding hydrogens is 431 g/mol. The highest BCUT2D eigenvalue weighted by Crippen LogP contribution is 2.28. The van der Waals surface area contributed by atoms with Crippen molar-refractivity contribution >= 4 is 16.8 Å². The molecule has 0 saturated carbocycles. The van der Waals surface area contributed by atoms with E-state index in [0.29, 0.717) is 12.1 Å². The molecule has 34 heavy (non-hydrogen) atoms. The van der Waals surface area contributed by atoms with Gasteiger partial charge in [-0.2, -0.15) is 0 Å². The van der Waals surface area contributed by atoms with Crippen LogP contribution in [0.3, 0.4) is 0 Å². The number of halogens is 1. The molecule has 0 atom stereocenters. The molecule has 0 aliphatic carbocycles. The number of ketones is 1. The van der Waals surface area contributed by atoms with E-state index in [-0.39, 0.29) is 11.6 Å². The second-order valence-electron chi connectivity index (χ2n) is 8.68. The van der Waals surface area contributed by atoms with Crippen molar-refractivity contribution in [2.75, 3.05) is 39.8 Å². The molecule has 2 heterocycles. The molecule has 1 aromatic heterocycles. The zero-order valence-corrected chi connectivity index (χ0v) is 19.2. The van der Waals surface area contributed by atoms with Gasteiger partial charge in [-0.25, -0.2) is 4.39 Å². The maximum absolute atomic E-state index is 13.6. The minimum atomic E-state index is -0.240. The lowest BCUT2D eigenvalue weighted by Crippen LogP contribution is -2.47. The van der Waals surface area contributed by atoms with Crippen LogP contribution in [0.5, 0.6) is 5.75 Å². The number of methoxy groups -OCH3 is 1. The fourth-order valence-electron chi connectivity index (χ4n) is 4.42. The highest BCUT2D eigenvalue weighted by molar-refractivity contribution is 5.97. The van der Waals surface area contributed by atoms with E-state index in [0.717, 1.165) is 66.3 Å². The summed E-state index contributed by atoms with van der Waals surface area (Å²) in [4.78, 5) is 17.1. The van der Waals surface area contributed by atoms with E-state index in [1.54, 1.807) is 19.2 Å². The summed E-state index contributed by atoms with van der Waals surface area (Å²) in [7, 11) is 1.62. The van der Waals surface area contributed by atoms with Crippen LogP contribution in [-0.4, -0.2) is 55.4 Å². The zero-order chi connectivity index (χ0) is 23.5. The molecule has 1 aliphatic rings. The topological polar surface area (TPSA) is 45.9 Å². The number of ether oxygens (including phenoxy) is 1. The standard InChI is InChI=1S/C28H27FN2O3/c1-33-25-8-5-20(6-9-25)27(32)19-31-13-11-30(12-14-31)18-26-17-23-15-22(7-10-28(23)34-26)21-3-2-4-24(29)16-21/h2-10,15-17H,11-14,18-19H2,1H3. The number of carbonyl (C=O) groups excluding carboxylic acids is 1.